The molecule has 1 atom stereocenters. The third-order valence-corrected chi connectivity index (χ3v) is 3.53. The molecule has 1 aromatic carbocycles. The Balaban J connectivity index is 2.06. The highest BCUT2D eigenvalue weighted by molar-refractivity contribution is 5.80. The molecule has 1 aromatic rings. The molecule has 1 heterocycles. The molecule has 0 aliphatic carbocycles. The van der Waals surface area contributed by atoms with Crippen LogP contribution in [0.25, 0.3) is 0 Å². The van der Waals surface area contributed by atoms with Gasteiger partial charge >= 0.3 is 6.61 Å². The number of nitrogens with zero attached hydrogens (tertiary/aromatic N) is 1. The van der Waals surface area contributed by atoms with Crippen LogP contribution in [0.5, 0.6) is 11.5 Å². The number of alkyl halides is 2. The van der Waals surface area contributed by atoms with Gasteiger partial charge in [-0.1, -0.05) is 6.07 Å². The molecular formula is C16H21F2NO4. The Morgan fingerprint density at radius 1 is 1.43 bits per heavy atom. The Kier molecular flexibility index (Phi) is 6.15. The van der Waals surface area contributed by atoms with Crippen LogP contribution in [0.2, 0.25) is 0 Å². The van der Waals surface area contributed by atoms with Crippen molar-refractivity contribution in [2.75, 3.05) is 20.3 Å². The van der Waals surface area contributed by atoms with E-state index in [1.54, 1.807) is 31.0 Å². The molecule has 0 saturated carbocycles. The highest BCUT2D eigenvalue weighted by Gasteiger charge is 2.26. The summed E-state index contributed by atoms with van der Waals surface area (Å²) in [5, 5.41) is 0. The van der Waals surface area contributed by atoms with Crippen molar-refractivity contribution in [3.8, 4) is 11.5 Å². The molecule has 0 spiro atoms. The maximum Gasteiger partial charge on any atom is 0.387 e. The van der Waals surface area contributed by atoms with Crippen molar-refractivity contribution in [2.24, 2.45) is 0 Å². The van der Waals surface area contributed by atoms with Crippen molar-refractivity contribution in [1.29, 1.82) is 0 Å². The van der Waals surface area contributed by atoms with E-state index in [2.05, 4.69) is 4.74 Å². The Morgan fingerprint density at radius 2 is 2.22 bits per heavy atom. The van der Waals surface area contributed by atoms with Crippen LogP contribution in [0.4, 0.5) is 8.78 Å². The predicted molar refractivity (Wildman–Crippen MR) is 79.7 cm³/mol. The Bertz CT molecular complexity index is 533. The summed E-state index contributed by atoms with van der Waals surface area (Å²) in [6.07, 6.45) is 1.24. The minimum absolute atomic E-state index is 0.0151. The number of ether oxygens (including phenoxy) is 3. The monoisotopic (exact) mass is 329 g/mol. The van der Waals surface area contributed by atoms with E-state index in [1.165, 1.54) is 6.07 Å². The van der Waals surface area contributed by atoms with Gasteiger partial charge < -0.3 is 19.1 Å². The molecule has 1 unspecified atom stereocenters. The van der Waals surface area contributed by atoms with Gasteiger partial charge in [0.25, 0.3) is 5.91 Å². The van der Waals surface area contributed by atoms with Crippen molar-refractivity contribution >= 4 is 5.91 Å². The van der Waals surface area contributed by atoms with E-state index in [-0.39, 0.29) is 23.5 Å². The molecule has 128 valence electrons. The quantitative estimate of drug-likeness (QED) is 0.772. The summed E-state index contributed by atoms with van der Waals surface area (Å²) < 4.78 is 39.9. The molecule has 1 aliphatic rings. The van der Waals surface area contributed by atoms with Crippen molar-refractivity contribution in [3.05, 3.63) is 23.8 Å². The first kappa shape index (κ1) is 17.5. The van der Waals surface area contributed by atoms with E-state index < -0.39 is 6.61 Å². The lowest BCUT2D eigenvalue weighted by Crippen LogP contribution is -2.35. The second kappa shape index (κ2) is 8.10. The van der Waals surface area contributed by atoms with Gasteiger partial charge in [0.15, 0.2) is 11.5 Å². The van der Waals surface area contributed by atoms with Crippen LogP contribution >= 0.6 is 0 Å². The maximum atomic E-state index is 12.4. The molecule has 1 amide bonds. The average Bonchev–Trinajstić information content (AvgIpc) is 3.03. The average molecular weight is 329 g/mol. The lowest BCUT2D eigenvalue weighted by Gasteiger charge is -2.21. The first-order valence-electron chi connectivity index (χ1n) is 7.58. The van der Waals surface area contributed by atoms with E-state index in [0.717, 1.165) is 18.4 Å². The molecule has 2 rings (SSSR count). The molecule has 1 fully saturated rings. The number of likely N-dealkylation sites (N-methyl/N-ethyl adjacent to an activating group) is 1. The number of carbonyl (C=O) groups excluding carboxylic acids is 1. The number of rotatable bonds is 7. The molecule has 5 nitrogen and oxygen atoms in total. The largest absolute Gasteiger partial charge is 0.490 e. The third kappa shape index (κ3) is 4.79. The van der Waals surface area contributed by atoms with Crippen molar-refractivity contribution < 1.29 is 27.8 Å². The summed E-state index contributed by atoms with van der Waals surface area (Å²) >= 11 is 0. The second-order valence-corrected chi connectivity index (χ2v) is 5.29. The van der Waals surface area contributed by atoms with Crippen LogP contribution in [-0.2, 0) is 16.1 Å². The SMILES string of the molecule is CCOc1cc(CN(C)C(=O)C2CCCO2)ccc1OC(F)F. The Hall–Kier alpha value is -1.89. The van der Waals surface area contributed by atoms with Gasteiger partial charge in [-0.3, -0.25) is 4.79 Å². The van der Waals surface area contributed by atoms with Crippen LogP contribution in [0, 0.1) is 0 Å². The number of carbonyl (C=O) groups is 1. The fraction of sp³-hybridized carbons (Fsp3) is 0.562. The number of benzene rings is 1. The number of hydrogen-bond acceptors (Lipinski definition) is 4. The lowest BCUT2D eigenvalue weighted by atomic mass is 10.1. The molecule has 23 heavy (non-hydrogen) atoms. The van der Waals surface area contributed by atoms with Crippen LogP contribution in [0.1, 0.15) is 25.3 Å². The zero-order valence-corrected chi connectivity index (χ0v) is 13.3. The van der Waals surface area contributed by atoms with Crippen LogP contribution in [0.3, 0.4) is 0 Å². The smallest absolute Gasteiger partial charge is 0.387 e. The van der Waals surface area contributed by atoms with Gasteiger partial charge in [-0.05, 0) is 37.5 Å². The summed E-state index contributed by atoms with van der Waals surface area (Å²) in [7, 11) is 1.69. The first-order valence-corrected chi connectivity index (χ1v) is 7.58. The number of halogens is 2. The lowest BCUT2D eigenvalue weighted by molar-refractivity contribution is -0.140. The zero-order chi connectivity index (χ0) is 16.8. The summed E-state index contributed by atoms with van der Waals surface area (Å²) in [4.78, 5) is 13.8. The summed E-state index contributed by atoms with van der Waals surface area (Å²) in [5.74, 6) is 0.148. The number of amides is 1. The second-order valence-electron chi connectivity index (χ2n) is 5.29. The summed E-state index contributed by atoms with van der Waals surface area (Å²) in [5.41, 5.74) is 0.768. The molecule has 0 aromatic heterocycles. The summed E-state index contributed by atoms with van der Waals surface area (Å²) in [6.45, 7) is 0.120. The molecule has 0 radical (unpaired) electrons. The van der Waals surface area contributed by atoms with Gasteiger partial charge in [-0.15, -0.1) is 0 Å². The molecule has 7 heteroatoms. The van der Waals surface area contributed by atoms with Crippen molar-refractivity contribution in [1.82, 2.24) is 4.90 Å². The van der Waals surface area contributed by atoms with Gasteiger partial charge in [0.05, 0.1) is 6.61 Å². The number of hydrogen-bond donors (Lipinski definition) is 0. The molecule has 1 saturated heterocycles. The van der Waals surface area contributed by atoms with Gasteiger partial charge in [0, 0.05) is 20.2 Å². The van der Waals surface area contributed by atoms with Crippen molar-refractivity contribution in [2.45, 2.75) is 39.0 Å². The van der Waals surface area contributed by atoms with E-state index in [9.17, 15) is 13.6 Å². The molecule has 0 bridgehead atoms. The standard InChI is InChI=1S/C16H21F2NO4/c1-3-21-14-9-11(6-7-12(14)23-16(17)18)10-19(2)15(20)13-5-4-8-22-13/h6-7,9,13,16H,3-5,8,10H2,1-2H3. The minimum Gasteiger partial charge on any atom is -0.490 e. The fourth-order valence-electron chi connectivity index (χ4n) is 2.48. The zero-order valence-electron chi connectivity index (χ0n) is 13.3. The normalized spacial score (nSPS) is 17.3. The van der Waals surface area contributed by atoms with Gasteiger partial charge in [0.2, 0.25) is 0 Å². The van der Waals surface area contributed by atoms with E-state index >= 15 is 0 Å². The summed E-state index contributed by atoms with van der Waals surface area (Å²) in [6, 6.07) is 4.68. The first-order chi connectivity index (χ1) is 11.0. The van der Waals surface area contributed by atoms with Crippen molar-refractivity contribution in [3.63, 3.8) is 0 Å². The highest BCUT2D eigenvalue weighted by Crippen LogP contribution is 2.30. The Morgan fingerprint density at radius 3 is 2.83 bits per heavy atom. The van der Waals surface area contributed by atoms with Crippen LogP contribution in [0.15, 0.2) is 18.2 Å². The van der Waals surface area contributed by atoms with E-state index in [4.69, 9.17) is 9.47 Å². The van der Waals surface area contributed by atoms with Gasteiger partial charge in [-0.25, -0.2) is 0 Å². The highest BCUT2D eigenvalue weighted by atomic mass is 19.3. The predicted octanol–water partition coefficient (Wildman–Crippen LogP) is 2.82. The minimum atomic E-state index is -2.91. The van der Waals surface area contributed by atoms with E-state index in [0.29, 0.717) is 19.8 Å². The van der Waals surface area contributed by atoms with Gasteiger partial charge in [0.1, 0.15) is 6.10 Å². The Labute approximate surface area is 134 Å². The topological polar surface area (TPSA) is 48.0 Å². The van der Waals surface area contributed by atoms with Crippen LogP contribution in [-0.4, -0.2) is 43.8 Å². The third-order valence-electron chi connectivity index (χ3n) is 3.53. The maximum absolute atomic E-state index is 12.4. The molecule has 0 N–H and O–H groups in total. The van der Waals surface area contributed by atoms with Gasteiger partial charge in [-0.2, -0.15) is 8.78 Å². The fourth-order valence-corrected chi connectivity index (χ4v) is 2.48. The van der Waals surface area contributed by atoms with Crippen LogP contribution < -0.4 is 9.47 Å². The molecular weight excluding hydrogens is 308 g/mol. The van der Waals surface area contributed by atoms with E-state index in [1.807, 2.05) is 0 Å². The molecule has 1 aliphatic heterocycles.